The second-order valence-electron chi connectivity index (χ2n) is 6.51. The molecule has 0 radical (unpaired) electrons. The topological polar surface area (TPSA) is 66.4 Å². The molecule has 0 aliphatic heterocycles. The van der Waals surface area contributed by atoms with Gasteiger partial charge in [0.25, 0.3) is 0 Å². The van der Waals surface area contributed by atoms with Gasteiger partial charge in [0, 0.05) is 6.54 Å². The molecule has 22 heavy (non-hydrogen) atoms. The van der Waals surface area contributed by atoms with E-state index in [9.17, 15) is 19.1 Å². The van der Waals surface area contributed by atoms with Gasteiger partial charge in [0.05, 0.1) is 11.3 Å². The third kappa shape index (κ3) is 4.83. The van der Waals surface area contributed by atoms with Crippen LogP contribution in [0.5, 0.6) is 0 Å². The van der Waals surface area contributed by atoms with Gasteiger partial charge in [0.1, 0.15) is 5.82 Å². The second kappa shape index (κ2) is 7.38. The number of hydrogen-bond acceptors (Lipinski definition) is 2. The highest BCUT2D eigenvalue weighted by atomic mass is 19.1. The van der Waals surface area contributed by atoms with Crippen molar-refractivity contribution >= 4 is 11.9 Å². The van der Waals surface area contributed by atoms with Gasteiger partial charge in [-0.3, -0.25) is 9.59 Å². The van der Waals surface area contributed by atoms with E-state index in [0.29, 0.717) is 12.0 Å². The fourth-order valence-corrected chi connectivity index (χ4v) is 2.29. The van der Waals surface area contributed by atoms with Crippen LogP contribution in [0.3, 0.4) is 0 Å². The SMILES string of the molecule is CC(C)CC(CNC(=O)C(C)(C)c1cccc(F)c1)C(=O)O. The van der Waals surface area contributed by atoms with Gasteiger partial charge in [0.2, 0.25) is 5.91 Å². The first-order valence-electron chi connectivity index (χ1n) is 7.41. The molecular weight excluding hydrogens is 285 g/mol. The number of benzene rings is 1. The van der Waals surface area contributed by atoms with Crippen LogP contribution in [0.4, 0.5) is 4.39 Å². The third-order valence-corrected chi connectivity index (χ3v) is 3.73. The molecule has 0 heterocycles. The van der Waals surface area contributed by atoms with E-state index in [1.165, 1.54) is 12.1 Å². The number of carboxylic acids is 1. The van der Waals surface area contributed by atoms with Crippen LogP contribution in [0.1, 0.15) is 39.7 Å². The smallest absolute Gasteiger partial charge is 0.308 e. The number of hydrogen-bond donors (Lipinski definition) is 2. The van der Waals surface area contributed by atoms with Crippen molar-refractivity contribution < 1.29 is 19.1 Å². The Morgan fingerprint density at radius 3 is 2.45 bits per heavy atom. The summed E-state index contributed by atoms with van der Waals surface area (Å²) in [5.74, 6) is -2.02. The predicted octanol–water partition coefficient (Wildman–Crippen LogP) is 2.97. The average molecular weight is 309 g/mol. The zero-order valence-corrected chi connectivity index (χ0v) is 13.5. The van der Waals surface area contributed by atoms with E-state index in [1.54, 1.807) is 26.0 Å². The van der Waals surface area contributed by atoms with Crippen LogP contribution in [0.25, 0.3) is 0 Å². The summed E-state index contributed by atoms with van der Waals surface area (Å²) in [5.41, 5.74) is -0.371. The Hall–Kier alpha value is -1.91. The molecule has 1 rings (SSSR count). The fraction of sp³-hybridized carbons (Fsp3) is 0.529. The van der Waals surface area contributed by atoms with Crippen molar-refractivity contribution in [1.82, 2.24) is 5.32 Å². The molecule has 0 bridgehead atoms. The molecule has 122 valence electrons. The number of carbonyl (C=O) groups is 2. The Kier molecular flexibility index (Phi) is 6.09. The maximum absolute atomic E-state index is 13.3. The van der Waals surface area contributed by atoms with E-state index >= 15 is 0 Å². The van der Waals surface area contributed by atoms with Crippen molar-refractivity contribution in [3.05, 3.63) is 35.6 Å². The minimum absolute atomic E-state index is 0.0745. The summed E-state index contributed by atoms with van der Waals surface area (Å²) in [5, 5.41) is 11.9. The summed E-state index contributed by atoms with van der Waals surface area (Å²) < 4.78 is 13.3. The Balaban J connectivity index is 2.76. The van der Waals surface area contributed by atoms with Crippen molar-refractivity contribution in [2.45, 2.75) is 39.5 Å². The highest BCUT2D eigenvalue weighted by Crippen LogP contribution is 2.24. The van der Waals surface area contributed by atoms with Crippen LogP contribution in [0.2, 0.25) is 0 Å². The van der Waals surface area contributed by atoms with Gasteiger partial charge in [-0.2, -0.15) is 0 Å². The fourth-order valence-electron chi connectivity index (χ4n) is 2.29. The quantitative estimate of drug-likeness (QED) is 0.814. The molecule has 0 aliphatic carbocycles. The van der Waals surface area contributed by atoms with E-state index in [2.05, 4.69) is 5.32 Å². The molecule has 1 aromatic carbocycles. The summed E-state index contributed by atoms with van der Waals surface area (Å²) in [4.78, 5) is 23.6. The minimum atomic E-state index is -0.928. The lowest BCUT2D eigenvalue weighted by molar-refractivity contribution is -0.142. The minimum Gasteiger partial charge on any atom is -0.481 e. The van der Waals surface area contributed by atoms with Crippen molar-refractivity contribution in [2.24, 2.45) is 11.8 Å². The molecule has 1 aromatic rings. The van der Waals surface area contributed by atoms with Crippen molar-refractivity contribution in [3.8, 4) is 0 Å². The third-order valence-electron chi connectivity index (χ3n) is 3.73. The molecule has 0 saturated carbocycles. The molecule has 1 amide bonds. The van der Waals surface area contributed by atoms with E-state index in [1.807, 2.05) is 13.8 Å². The normalized spacial score (nSPS) is 13.0. The summed E-state index contributed by atoms with van der Waals surface area (Å²) >= 11 is 0. The lowest BCUT2D eigenvalue weighted by atomic mass is 9.83. The summed E-state index contributed by atoms with van der Waals surface area (Å²) in [7, 11) is 0. The highest BCUT2D eigenvalue weighted by Gasteiger charge is 2.31. The van der Waals surface area contributed by atoms with Gasteiger partial charge >= 0.3 is 5.97 Å². The highest BCUT2D eigenvalue weighted by molar-refractivity contribution is 5.87. The van der Waals surface area contributed by atoms with Crippen LogP contribution < -0.4 is 5.32 Å². The molecule has 1 atom stereocenters. The first kappa shape index (κ1) is 18.1. The number of halogens is 1. The van der Waals surface area contributed by atoms with Crippen LogP contribution in [-0.2, 0) is 15.0 Å². The van der Waals surface area contributed by atoms with E-state index < -0.39 is 23.1 Å². The van der Waals surface area contributed by atoms with E-state index in [0.717, 1.165) is 0 Å². The van der Waals surface area contributed by atoms with Gasteiger partial charge in [-0.1, -0.05) is 26.0 Å². The number of aliphatic carboxylic acids is 1. The van der Waals surface area contributed by atoms with Gasteiger partial charge in [-0.05, 0) is 43.9 Å². The molecule has 0 aliphatic rings. The molecular formula is C17H24FNO3. The summed E-state index contributed by atoms with van der Waals surface area (Å²) in [6, 6.07) is 5.88. The number of carboxylic acid groups (broad SMARTS) is 1. The van der Waals surface area contributed by atoms with Gasteiger partial charge in [0.15, 0.2) is 0 Å². The van der Waals surface area contributed by atoms with Crippen LogP contribution >= 0.6 is 0 Å². The zero-order valence-electron chi connectivity index (χ0n) is 13.5. The van der Waals surface area contributed by atoms with Crippen LogP contribution in [0.15, 0.2) is 24.3 Å². The number of amides is 1. The number of rotatable bonds is 7. The maximum Gasteiger partial charge on any atom is 0.308 e. The predicted molar refractivity (Wildman–Crippen MR) is 83.0 cm³/mol. The van der Waals surface area contributed by atoms with E-state index in [-0.39, 0.29) is 18.4 Å². The largest absolute Gasteiger partial charge is 0.481 e. The second-order valence-corrected chi connectivity index (χ2v) is 6.51. The molecule has 0 aromatic heterocycles. The first-order valence-corrected chi connectivity index (χ1v) is 7.41. The average Bonchev–Trinajstić information content (AvgIpc) is 2.42. The van der Waals surface area contributed by atoms with Gasteiger partial charge in [-0.15, -0.1) is 0 Å². The number of nitrogens with one attached hydrogen (secondary N) is 1. The van der Waals surface area contributed by atoms with Crippen molar-refractivity contribution in [1.29, 1.82) is 0 Å². The van der Waals surface area contributed by atoms with Gasteiger partial charge < -0.3 is 10.4 Å². The molecule has 4 nitrogen and oxygen atoms in total. The molecule has 5 heteroatoms. The van der Waals surface area contributed by atoms with Crippen molar-refractivity contribution in [2.75, 3.05) is 6.54 Å². The Bertz CT molecular complexity index is 540. The summed E-state index contributed by atoms with van der Waals surface area (Å²) in [6.45, 7) is 7.33. The zero-order chi connectivity index (χ0) is 16.9. The van der Waals surface area contributed by atoms with Crippen molar-refractivity contribution in [3.63, 3.8) is 0 Å². The van der Waals surface area contributed by atoms with Crippen LogP contribution in [0, 0.1) is 17.7 Å². The van der Waals surface area contributed by atoms with E-state index in [4.69, 9.17) is 0 Å². The lowest BCUT2D eigenvalue weighted by Gasteiger charge is -2.25. The molecule has 0 saturated heterocycles. The lowest BCUT2D eigenvalue weighted by Crippen LogP contribution is -2.43. The monoisotopic (exact) mass is 309 g/mol. The Morgan fingerprint density at radius 1 is 1.32 bits per heavy atom. The molecule has 0 fully saturated rings. The Morgan fingerprint density at radius 2 is 1.95 bits per heavy atom. The maximum atomic E-state index is 13.3. The molecule has 2 N–H and O–H groups in total. The number of carbonyl (C=O) groups excluding carboxylic acids is 1. The first-order chi connectivity index (χ1) is 10.1. The molecule has 0 spiro atoms. The van der Waals surface area contributed by atoms with Crippen LogP contribution in [-0.4, -0.2) is 23.5 Å². The summed E-state index contributed by atoms with van der Waals surface area (Å²) in [6.07, 6.45) is 0.496. The molecule has 1 unspecified atom stereocenters. The standard InChI is InChI=1S/C17H24FNO3/c1-11(2)8-12(15(20)21)10-19-16(22)17(3,4)13-6-5-7-14(18)9-13/h5-7,9,11-12H,8,10H2,1-4H3,(H,19,22)(H,20,21). The Labute approximate surface area is 130 Å². The van der Waals surface area contributed by atoms with Gasteiger partial charge in [-0.25, -0.2) is 4.39 Å².